The van der Waals surface area contributed by atoms with Crippen LogP contribution in [0.4, 0.5) is 5.69 Å². The molecule has 2 N–H and O–H groups in total. The van der Waals surface area contributed by atoms with Crippen LogP contribution in [0.2, 0.25) is 0 Å². The Hall–Kier alpha value is -1.06. The van der Waals surface area contributed by atoms with Crippen LogP contribution in [0.15, 0.2) is 24.3 Å². The van der Waals surface area contributed by atoms with E-state index in [1.807, 2.05) is 0 Å². The molecule has 20 heavy (non-hydrogen) atoms. The molecule has 3 rings (SSSR count). The third-order valence-electron chi connectivity index (χ3n) is 5.04. The third kappa shape index (κ3) is 2.57. The van der Waals surface area contributed by atoms with Gasteiger partial charge in [-0.3, -0.25) is 0 Å². The van der Waals surface area contributed by atoms with Gasteiger partial charge in [-0.25, -0.2) is 0 Å². The highest BCUT2D eigenvalue weighted by Gasteiger charge is 2.41. The number of fused-ring (bicyclic) bond motifs is 1. The molecule has 2 unspecified atom stereocenters. The van der Waals surface area contributed by atoms with Crippen molar-refractivity contribution in [3.05, 3.63) is 29.8 Å². The van der Waals surface area contributed by atoms with Gasteiger partial charge in [-0.1, -0.05) is 18.2 Å². The van der Waals surface area contributed by atoms with Crippen molar-refractivity contribution in [2.24, 2.45) is 0 Å². The average molecular weight is 274 g/mol. The van der Waals surface area contributed by atoms with Gasteiger partial charge in [-0.15, -0.1) is 0 Å². The zero-order valence-corrected chi connectivity index (χ0v) is 12.6. The summed E-state index contributed by atoms with van der Waals surface area (Å²) in [6.07, 6.45) is 3.82. The maximum Gasteiger partial charge on any atom is 0.0863 e. The molecule has 2 heterocycles. The summed E-state index contributed by atoms with van der Waals surface area (Å²) in [5, 5.41) is 14.7. The second-order valence-corrected chi connectivity index (χ2v) is 6.65. The second-order valence-electron chi connectivity index (χ2n) is 6.65. The summed E-state index contributed by atoms with van der Waals surface area (Å²) in [6.45, 7) is 6.60. The topological polar surface area (TPSA) is 35.5 Å². The van der Waals surface area contributed by atoms with Crippen LogP contribution in [0.5, 0.6) is 0 Å². The number of benzene rings is 1. The number of aliphatic hydroxyl groups is 1. The van der Waals surface area contributed by atoms with Crippen molar-refractivity contribution in [2.75, 3.05) is 18.4 Å². The Morgan fingerprint density at radius 1 is 1.25 bits per heavy atom. The molecule has 2 atom stereocenters. The Labute approximate surface area is 122 Å². The first-order chi connectivity index (χ1) is 9.58. The van der Waals surface area contributed by atoms with Crippen molar-refractivity contribution in [1.82, 2.24) is 4.90 Å². The maximum atomic E-state index is 11.1. The van der Waals surface area contributed by atoms with Crippen LogP contribution in [0.1, 0.15) is 38.7 Å². The van der Waals surface area contributed by atoms with Crippen LogP contribution in [0.25, 0.3) is 0 Å². The predicted octanol–water partition coefficient (Wildman–Crippen LogP) is 2.65. The predicted molar refractivity (Wildman–Crippen MR) is 83.1 cm³/mol. The molecule has 0 saturated carbocycles. The minimum atomic E-state index is -0.567. The first-order valence-corrected chi connectivity index (χ1v) is 7.89. The van der Waals surface area contributed by atoms with E-state index in [2.05, 4.69) is 48.3 Å². The summed E-state index contributed by atoms with van der Waals surface area (Å²) < 4.78 is 0. The van der Waals surface area contributed by atoms with E-state index in [1.54, 1.807) is 0 Å². The summed E-state index contributed by atoms with van der Waals surface area (Å²) in [4.78, 5) is 2.49. The Kier molecular flexibility index (Phi) is 3.74. The van der Waals surface area contributed by atoms with Crippen LogP contribution in [-0.4, -0.2) is 40.8 Å². The van der Waals surface area contributed by atoms with E-state index in [-0.39, 0.29) is 6.04 Å². The fourth-order valence-corrected chi connectivity index (χ4v) is 3.65. The molecule has 0 amide bonds. The summed E-state index contributed by atoms with van der Waals surface area (Å²) in [5.74, 6) is 0. The fourth-order valence-electron chi connectivity index (χ4n) is 3.65. The lowest BCUT2D eigenvalue weighted by molar-refractivity contribution is 0.00778. The van der Waals surface area contributed by atoms with Gasteiger partial charge in [0.25, 0.3) is 0 Å². The highest BCUT2D eigenvalue weighted by atomic mass is 16.3. The van der Waals surface area contributed by atoms with Gasteiger partial charge in [0, 0.05) is 18.3 Å². The molecule has 0 aromatic heterocycles. The van der Waals surface area contributed by atoms with Gasteiger partial charge < -0.3 is 15.3 Å². The van der Waals surface area contributed by atoms with Crippen molar-refractivity contribution in [2.45, 2.75) is 57.2 Å². The molecule has 2 aliphatic rings. The van der Waals surface area contributed by atoms with Gasteiger partial charge in [0.15, 0.2) is 0 Å². The van der Waals surface area contributed by atoms with Gasteiger partial charge in [0.05, 0.1) is 11.6 Å². The van der Waals surface area contributed by atoms with E-state index in [0.717, 1.165) is 38.8 Å². The van der Waals surface area contributed by atoms with Crippen molar-refractivity contribution in [3.63, 3.8) is 0 Å². The zero-order chi connectivity index (χ0) is 14.2. The minimum absolute atomic E-state index is 0.173. The van der Waals surface area contributed by atoms with Crippen molar-refractivity contribution >= 4 is 5.69 Å². The summed E-state index contributed by atoms with van der Waals surface area (Å²) >= 11 is 0. The average Bonchev–Trinajstić information content (AvgIpc) is 2.76. The molecule has 3 nitrogen and oxygen atoms in total. The third-order valence-corrected chi connectivity index (χ3v) is 5.04. The van der Waals surface area contributed by atoms with Crippen LogP contribution in [-0.2, 0) is 6.42 Å². The molecular weight excluding hydrogens is 248 g/mol. The smallest absolute Gasteiger partial charge is 0.0863 e. The number of nitrogens with one attached hydrogen (secondary N) is 1. The fraction of sp³-hybridized carbons (Fsp3) is 0.647. The van der Waals surface area contributed by atoms with E-state index in [1.165, 1.54) is 11.3 Å². The number of likely N-dealkylation sites (tertiary alicyclic amines) is 1. The molecule has 0 bridgehead atoms. The first kappa shape index (κ1) is 13.9. The molecule has 1 saturated heterocycles. The minimum Gasteiger partial charge on any atom is -0.388 e. The van der Waals surface area contributed by atoms with Gasteiger partial charge in [-0.2, -0.15) is 0 Å². The number of anilines is 1. The lowest BCUT2D eigenvalue weighted by atomic mass is 9.85. The van der Waals surface area contributed by atoms with Crippen LogP contribution < -0.4 is 5.32 Å². The molecule has 1 aromatic carbocycles. The normalized spacial score (nSPS) is 30.9. The van der Waals surface area contributed by atoms with E-state index in [0.29, 0.717) is 6.04 Å². The highest BCUT2D eigenvalue weighted by Crippen LogP contribution is 2.35. The number of hydrogen-bond donors (Lipinski definition) is 2. The summed E-state index contributed by atoms with van der Waals surface area (Å²) in [5.41, 5.74) is 1.98. The number of rotatable bonds is 2. The van der Waals surface area contributed by atoms with E-state index in [9.17, 15) is 5.11 Å². The number of hydrogen-bond acceptors (Lipinski definition) is 3. The lowest BCUT2D eigenvalue weighted by Crippen LogP contribution is -2.47. The van der Waals surface area contributed by atoms with Gasteiger partial charge >= 0.3 is 0 Å². The molecule has 0 aliphatic carbocycles. The highest BCUT2D eigenvalue weighted by molar-refractivity contribution is 5.57. The van der Waals surface area contributed by atoms with Gasteiger partial charge in [0.1, 0.15) is 0 Å². The van der Waals surface area contributed by atoms with E-state index in [4.69, 9.17) is 0 Å². The van der Waals surface area contributed by atoms with Crippen molar-refractivity contribution < 1.29 is 5.11 Å². The van der Waals surface area contributed by atoms with Gasteiger partial charge in [-0.05, 0) is 57.7 Å². The number of nitrogens with zero attached hydrogens (tertiary/aromatic N) is 1. The van der Waals surface area contributed by atoms with Crippen LogP contribution >= 0.6 is 0 Å². The quantitative estimate of drug-likeness (QED) is 0.870. The van der Waals surface area contributed by atoms with E-state index < -0.39 is 5.60 Å². The first-order valence-electron chi connectivity index (χ1n) is 7.89. The molecular formula is C17H26N2O. The van der Waals surface area contributed by atoms with Gasteiger partial charge in [0.2, 0.25) is 0 Å². The van der Waals surface area contributed by atoms with Crippen LogP contribution in [0.3, 0.4) is 0 Å². The van der Waals surface area contributed by atoms with Crippen molar-refractivity contribution in [3.8, 4) is 0 Å². The van der Waals surface area contributed by atoms with E-state index >= 15 is 0 Å². The number of para-hydroxylation sites is 1. The summed E-state index contributed by atoms with van der Waals surface area (Å²) in [6, 6.07) is 9.18. The molecule has 1 aromatic rings. The monoisotopic (exact) mass is 274 g/mol. The largest absolute Gasteiger partial charge is 0.388 e. The molecule has 0 radical (unpaired) electrons. The zero-order valence-electron chi connectivity index (χ0n) is 12.6. The molecule has 1 fully saturated rings. The molecule has 2 aliphatic heterocycles. The molecule has 110 valence electrons. The molecule has 0 spiro atoms. The standard InChI is InChI=1S/C17H26N2O/c1-13(2)19-10-5-8-17(20,9-11-19)16-12-14-6-3-4-7-15(14)18-16/h3-4,6-7,13,16,18,20H,5,8-12H2,1-2H3. The summed E-state index contributed by atoms with van der Waals surface area (Å²) in [7, 11) is 0. The Morgan fingerprint density at radius 2 is 2.05 bits per heavy atom. The Bertz CT molecular complexity index is 449. The Balaban J connectivity index is 1.71. The lowest BCUT2D eigenvalue weighted by Gasteiger charge is -2.34. The molecule has 3 heteroatoms. The van der Waals surface area contributed by atoms with Crippen LogP contribution in [0, 0.1) is 0 Å². The SMILES string of the molecule is CC(C)N1CCCC(O)(C2Cc3ccccc3N2)CC1. The van der Waals surface area contributed by atoms with Crippen molar-refractivity contribution in [1.29, 1.82) is 0 Å². The second kappa shape index (κ2) is 5.38. The Morgan fingerprint density at radius 3 is 2.80 bits per heavy atom. The maximum absolute atomic E-state index is 11.1.